The second kappa shape index (κ2) is 6.50. The van der Waals surface area contributed by atoms with Crippen LogP contribution in [0.1, 0.15) is 52.7 Å². The molecule has 1 aromatic carbocycles. The minimum atomic E-state index is -1.69. The molecular formula is C18H28OSi. The second-order valence-electron chi connectivity index (χ2n) is 6.70. The van der Waals surface area contributed by atoms with E-state index in [1.54, 1.807) is 12.1 Å². The number of phenols is 1. The molecule has 0 saturated heterocycles. The summed E-state index contributed by atoms with van der Waals surface area (Å²) < 4.78 is 0. The molecule has 0 aliphatic heterocycles. The van der Waals surface area contributed by atoms with Crippen molar-refractivity contribution < 1.29 is 5.11 Å². The Kier molecular flexibility index (Phi) is 5.47. The Hall–Kier alpha value is -1.20. The largest absolute Gasteiger partial charge is 0.508 e. The fraction of sp³-hybridized carbons (Fsp3) is 0.556. The normalized spacial score (nSPS) is 11.9. The summed E-state index contributed by atoms with van der Waals surface area (Å²) in [6.07, 6.45) is 0. The SMILES string of the molecule is Cc1cc(O)cc(C#C[Si](C(C)C)(C(C)C)C(C)C)c1. The maximum Gasteiger partial charge on any atom is 0.146 e. The molecule has 0 saturated carbocycles. The fourth-order valence-corrected chi connectivity index (χ4v) is 8.68. The van der Waals surface area contributed by atoms with Gasteiger partial charge in [-0.3, -0.25) is 0 Å². The lowest BCUT2D eigenvalue weighted by molar-refractivity contribution is 0.474. The molecule has 0 spiro atoms. The van der Waals surface area contributed by atoms with Gasteiger partial charge in [-0.25, -0.2) is 0 Å². The number of hydrogen-bond donors (Lipinski definition) is 1. The van der Waals surface area contributed by atoms with Crippen LogP contribution in [0, 0.1) is 18.4 Å². The predicted octanol–water partition coefficient (Wildman–Crippen LogP) is 5.27. The summed E-state index contributed by atoms with van der Waals surface area (Å²) in [6.45, 7) is 15.9. The first-order valence-corrected chi connectivity index (χ1v) is 9.77. The first-order valence-electron chi connectivity index (χ1n) is 7.54. The minimum absolute atomic E-state index is 0.306. The summed E-state index contributed by atoms with van der Waals surface area (Å²) in [6, 6.07) is 5.58. The van der Waals surface area contributed by atoms with Gasteiger partial charge in [-0.05, 0) is 47.3 Å². The van der Waals surface area contributed by atoms with Crippen LogP contribution in [0.4, 0.5) is 0 Å². The molecule has 1 N–H and O–H groups in total. The van der Waals surface area contributed by atoms with Crippen molar-refractivity contribution in [2.75, 3.05) is 0 Å². The highest BCUT2D eigenvalue weighted by Crippen LogP contribution is 2.40. The van der Waals surface area contributed by atoms with Gasteiger partial charge in [0.2, 0.25) is 0 Å². The standard InChI is InChI=1S/C18H28OSi/c1-13(2)20(14(3)4,15(5)6)9-8-17-10-16(7)11-18(19)12-17/h10-15,19H,1-7H3. The minimum Gasteiger partial charge on any atom is -0.508 e. The molecule has 2 heteroatoms. The monoisotopic (exact) mass is 288 g/mol. The maximum atomic E-state index is 9.69. The molecule has 0 radical (unpaired) electrons. The van der Waals surface area contributed by atoms with Gasteiger partial charge < -0.3 is 5.11 Å². The number of hydrogen-bond acceptors (Lipinski definition) is 1. The Balaban J connectivity index is 3.30. The topological polar surface area (TPSA) is 20.2 Å². The van der Waals surface area contributed by atoms with E-state index >= 15 is 0 Å². The predicted molar refractivity (Wildman–Crippen MR) is 90.8 cm³/mol. The molecule has 0 atom stereocenters. The lowest BCUT2D eigenvalue weighted by Gasteiger charge is -2.38. The molecule has 0 fully saturated rings. The highest BCUT2D eigenvalue weighted by Gasteiger charge is 2.41. The molecule has 1 rings (SSSR count). The molecule has 0 amide bonds. The van der Waals surface area contributed by atoms with E-state index in [1.807, 2.05) is 13.0 Å². The van der Waals surface area contributed by atoms with E-state index in [2.05, 4.69) is 53.0 Å². The molecule has 0 unspecified atom stereocenters. The first kappa shape index (κ1) is 16.9. The third-order valence-electron chi connectivity index (χ3n) is 4.35. The van der Waals surface area contributed by atoms with Gasteiger partial charge in [-0.2, -0.15) is 0 Å². The summed E-state index contributed by atoms with van der Waals surface area (Å²) in [5.41, 5.74) is 7.57. The van der Waals surface area contributed by atoms with Crippen molar-refractivity contribution >= 4 is 8.07 Å². The highest BCUT2D eigenvalue weighted by molar-refractivity contribution is 6.90. The molecule has 1 aromatic rings. The average molecular weight is 289 g/mol. The number of aryl methyl sites for hydroxylation is 1. The Morgan fingerprint density at radius 1 is 0.900 bits per heavy atom. The van der Waals surface area contributed by atoms with Crippen molar-refractivity contribution in [3.05, 3.63) is 29.3 Å². The van der Waals surface area contributed by atoms with Gasteiger partial charge in [0.1, 0.15) is 13.8 Å². The van der Waals surface area contributed by atoms with Crippen LogP contribution in [0.25, 0.3) is 0 Å². The van der Waals surface area contributed by atoms with Crippen molar-refractivity contribution in [1.29, 1.82) is 0 Å². The third kappa shape index (κ3) is 3.46. The van der Waals surface area contributed by atoms with E-state index in [-0.39, 0.29) is 0 Å². The molecule has 0 aromatic heterocycles. The van der Waals surface area contributed by atoms with E-state index in [9.17, 15) is 5.11 Å². The lowest BCUT2D eigenvalue weighted by Crippen LogP contribution is -2.43. The smallest absolute Gasteiger partial charge is 0.146 e. The zero-order valence-corrected chi connectivity index (χ0v) is 14.9. The molecule has 20 heavy (non-hydrogen) atoms. The Morgan fingerprint density at radius 3 is 1.80 bits per heavy atom. The van der Waals surface area contributed by atoms with Crippen LogP contribution in [0.5, 0.6) is 5.75 Å². The van der Waals surface area contributed by atoms with Gasteiger partial charge in [0.15, 0.2) is 0 Å². The van der Waals surface area contributed by atoms with Gasteiger partial charge in [-0.15, -0.1) is 5.54 Å². The fourth-order valence-electron chi connectivity index (χ4n) is 3.45. The third-order valence-corrected chi connectivity index (χ3v) is 10.6. The van der Waals surface area contributed by atoms with Crippen molar-refractivity contribution in [2.24, 2.45) is 0 Å². The van der Waals surface area contributed by atoms with Crippen LogP contribution in [0.3, 0.4) is 0 Å². The summed E-state index contributed by atoms with van der Waals surface area (Å²) >= 11 is 0. The van der Waals surface area contributed by atoms with Crippen LogP contribution >= 0.6 is 0 Å². The summed E-state index contributed by atoms with van der Waals surface area (Å²) in [4.78, 5) is 0. The van der Waals surface area contributed by atoms with E-state index in [1.165, 1.54) is 0 Å². The van der Waals surface area contributed by atoms with Crippen LogP contribution in [0.2, 0.25) is 16.6 Å². The van der Waals surface area contributed by atoms with Crippen molar-refractivity contribution in [3.63, 3.8) is 0 Å². The average Bonchev–Trinajstić information content (AvgIpc) is 2.26. The van der Waals surface area contributed by atoms with Crippen molar-refractivity contribution in [3.8, 4) is 17.2 Å². The van der Waals surface area contributed by atoms with Crippen molar-refractivity contribution in [1.82, 2.24) is 0 Å². The molecule has 1 nitrogen and oxygen atoms in total. The summed E-state index contributed by atoms with van der Waals surface area (Å²) in [7, 11) is -1.69. The molecule has 0 aliphatic rings. The summed E-state index contributed by atoms with van der Waals surface area (Å²) in [5, 5.41) is 9.69. The maximum absolute atomic E-state index is 9.69. The second-order valence-corrected chi connectivity index (χ2v) is 12.3. The molecule has 0 heterocycles. The van der Waals surface area contributed by atoms with Crippen LogP contribution in [-0.2, 0) is 0 Å². The van der Waals surface area contributed by atoms with Crippen LogP contribution in [-0.4, -0.2) is 13.2 Å². The molecular weight excluding hydrogens is 260 g/mol. The van der Waals surface area contributed by atoms with E-state index in [0.717, 1.165) is 11.1 Å². The van der Waals surface area contributed by atoms with E-state index < -0.39 is 8.07 Å². The number of phenolic OH excluding ortho intramolecular Hbond substituents is 1. The van der Waals surface area contributed by atoms with Gasteiger partial charge in [-0.1, -0.05) is 47.5 Å². The first-order chi connectivity index (χ1) is 9.20. The van der Waals surface area contributed by atoms with Gasteiger partial charge >= 0.3 is 0 Å². The summed E-state index contributed by atoms with van der Waals surface area (Å²) in [5.74, 6) is 3.67. The molecule has 0 aliphatic carbocycles. The molecule has 0 bridgehead atoms. The van der Waals surface area contributed by atoms with Crippen LogP contribution < -0.4 is 0 Å². The van der Waals surface area contributed by atoms with Gasteiger partial charge in [0.25, 0.3) is 0 Å². The lowest BCUT2D eigenvalue weighted by atomic mass is 10.1. The number of rotatable bonds is 3. The Bertz CT molecular complexity index is 476. The quantitative estimate of drug-likeness (QED) is 0.593. The van der Waals surface area contributed by atoms with Gasteiger partial charge in [0.05, 0.1) is 0 Å². The Morgan fingerprint density at radius 2 is 1.40 bits per heavy atom. The van der Waals surface area contributed by atoms with Crippen molar-refractivity contribution in [2.45, 2.75) is 65.1 Å². The zero-order chi connectivity index (χ0) is 15.5. The van der Waals surface area contributed by atoms with E-state index in [4.69, 9.17) is 0 Å². The van der Waals surface area contributed by atoms with Crippen LogP contribution in [0.15, 0.2) is 18.2 Å². The number of aromatic hydroxyl groups is 1. The van der Waals surface area contributed by atoms with Gasteiger partial charge in [0, 0.05) is 5.56 Å². The number of benzene rings is 1. The van der Waals surface area contributed by atoms with E-state index in [0.29, 0.717) is 22.4 Å². The highest BCUT2D eigenvalue weighted by atomic mass is 28.3. The molecule has 110 valence electrons. The Labute approximate surface area is 125 Å². The zero-order valence-electron chi connectivity index (χ0n) is 13.9.